The van der Waals surface area contributed by atoms with Gasteiger partial charge in [0.1, 0.15) is 5.82 Å². The summed E-state index contributed by atoms with van der Waals surface area (Å²) in [5, 5.41) is 3.64. The highest BCUT2D eigenvalue weighted by Gasteiger charge is 2.31. The number of benzene rings is 2. The lowest BCUT2D eigenvalue weighted by molar-refractivity contribution is -0.125. The van der Waals surface area contributed by atoms with Gasteiger partial charge in [-0.05, 0) is 54.8 Å². The number of hydrogen-bond donors (Lipinski definition) is 1. The quantitative estimate of drug-likeness (QED) is 0.469. The third kappa shape index (κ3) is 6.70. The molecule has 0 bridgehead atoms. The highest BCUT2D eigenvalue weighted by atomic mass is 35.5. The van der Waals surface area contributed by atoms with Crippen molar-refractivity contribution in [2.45, 2.75) is 23.5 Å². The molecule has 0 radical (unpaired) electrons. The summed E-state index contributed by atoms with van der Waals surface area (Å²) in [6.07, 6.45) is 0.998. The van der Waals surface area contributed by atoms with Gasteiger partial charge in [0.25, 0.3) is 0 Å². The molecule has 1 saturated heterocycles. The average molecular weight is 471 g/mol. The maximum atomic E-state index is 13.0. The van der Waals surface area contributed by atoms with Crippen molar-refractivity contribution in [1.82, 2.24) is 9.62 Å². The van der Waals surface area contributed by atoms with Gasteiger partial charge in [-0.2, -0.15) is 0 Å². The van der Waals surface area contributed by atoms with Crippen molar-refractivity contribution < 1.29 is 17.6 Å². The first kappa shape index (κ1) is 23.1. The van der Waals surface area contributed by atoms with Crippen LogP contribution in [-0.4, -0.2) is 44.0 Å². The lowest BCUT2D eigenvalue weighted by Gasteiger charge is -2.30. The standard InChI is InChI=1S/C21H24ClFN2O3S2/c22-18-3-7-20(8-4-18)29-14-11-24-21(26)17-9-12-25(13-10-17)30(27,28)15-16-1-5-19(23)6-2-16/h1-8,17H,9-15H2,(H,24,26). The number of halogens is 2. The SMILES string of the molecule is O=C(NCCSc1ccc(Cl)cc1)C1CCN(S(=O)(=O)Cc2ccc(F)cc2)CC1. The van der Waals surface area contributed by atoms with Crippen molar-refractivity contribution in [3.8, 4) is 0 Å². The number of piperidine rings is 1. The normalized spacial score (nSPS) is 15.8. The predicted molar refractivity (Wildman–Crippen MR) is 119 cm³/mol. The third-order valence-corrected chi connectivity index (χ3v) is 8.08. The molecule has 1 aliphatic heterocycles. The fourth-order valence-electron chi connectivity index (χ4n) is 3.30. The van der Waals surface area contributed by atoms with Gasteiger partial charge < -0.3 is 5.32 Å². The number of hydrogen-bond acceptors (Lipinski definition) is 4. The maximum absolute atomic E-state index is 13.0. The molecule has 0 spiro atoms. The summed E-state index contributed by atoms with van der Waals surface area (Å²) >= 11 is 7.50. The number of carbonyl (C=O) groups excluding carboxylic acids is 1. The second kappa shape index (κ2) is 10.6. The third-order valence-electron chi connectivity index (χ3n) is 4.96. The molecule has 1 heterocycles. The Morgan fingerprint density at radius 1 is 1.10 bits per heavy atom. The van der Waals surface area contributed by atoms with E-state index >= 15 is 0 Å². The van der Waals surface area contributed by atoms with Gasteiger partial charge in [0.2, 0.25) is 15.9 Å². The highest BCUT2D eigenvalue weighted by Crippen LogP contribution is 2.23. The van der Waals surface area contributed by atoms with Crippen LogP contribution >= 0.6 is 23.4 Å². The summed E-state index contributed by atoms with van der Waals surface area (Å²) in [5.74, 6) is -0.00993. The van der Waals surface area contributed by atoms with E-state index in [1.54, 1.807) is 11.8 Å². The molecular formula is C21H24ClFN2O3S2. The summed E-state index contributed by atoms with van der Waals surface area (Å²) in [5.41, 5.74) is 0.550. The Morgan fingerprint density at radius 2 is 1.73 bits per heavy atom. The Bertz CT molecular complexity index is 945. The Morgan fingerprint density at radius 3 is 2.37 bits per heavy atom. The topological polar surface area (TPSA) is 66.5 Å². The zero-order valence-electron chi connectivity index (χ0n) is 16.4. The van der Waals surface area contributed by atoms with E-state index in [0.29, 0.717) is 43.1 Å². The van der Waals surface area contributed by atoms with Crippen molar-refractivity contribution in [1.29, 1.82) is 0 Å². The number of sulfonamides is 1. The minimum Gasteiger partial charge on any atom is -0.355 e. The number of thioether (sulfide) groups is 1. The van der Waals surface area contributed by atoms with E-state index in [9.17, 15) is 17.6 Å². The smallest absolute Gasteiger partial charge is 0.223 e. The predicted octanol–water partition coefficient (Wildman–Crippen LogP) is 3.93. The van der Waals surface area contributed by atoms with Gasteiger partial charge in [0.15, 0.2) is 0 Å². The van der Waals surface area contributed by atoms with Gasteiger partial charge in [0, 0.05) is 41.2 Å². The molecule has 3 rings (SSSR count). The lowest BCUT2D eigenvalue weighted by Crippen LogP contribution is -2.43. The molecule has 1 aliphatic rings. The zero-order valence-corrected chi connectivity index (χ0v) is 18.8. The van der Waals surface area contributed by atoms with Gasteiger partial charge in [-0.15, -0.1) is 11.8 Å². The molecule has 0 atom stereocenters. The second-order valence-corrected chi connectivity index (χ2v) is 10.7. The van der Waals surface area contributed by atoms with Gasteiger partial charge in [-0.25, -0.2) is 17.1 Å². The molecule has 0 aromatic heterocycles. The van der Waals surface area contributed by atoms with Gasteiger partial charge in [0.05, 0.1) is 5.75 Å². The van der Waals surface area contributed by atoms with Crippen LogP contribution in [0.1, 0.15) is 18.4 Å². The molecule has 2 aromatic rings. The van der Waals surface area contributed by atoms with Crippen LogP contribution < -0.4 is 5.32 Å². The van der Waals surface area contributed by atoms with Crippen molar-refractivity contribution in [2.24, 2.45) is 5.92 Å². The van der Waals surface area contributed by atoms with E-state index in [0.717, 1.165) is 10.6 Å². The zero-order chi connectivity index (χ0) is 21.6. The first-order valence-corrected chi connectivity index (χ1v) is 12.7. The highest BCUT2D eigenvalue weighted by molar-refractivity contribution is 7.99. The number of amides is 1. The lowest BCUT2D eigenvalue weighted by atomic mass is 9.97. The number of nitrogens with one attached hydrogen (secondary N) is 1. The monoisotopic (exact) mass is 470 g/mol. The van der Waals surface area contributed by atoms with Crippen molar-refractivity contribution in [2.75, 3.05) is 25.4 Å². The van der Waals surface area contributed by atoms with Crippen molar-refractivity contribution in [3.63, 3.8) is 0 Å². The van der Waals surface area contributed by atoms with Crippen LogP contribution in [0.2, 0.25) is 5.02 Å². The van der Waals surface area contributed by atoms with Crippen LogP contribution in [0.4, 0.5) is 4.39 Å². The van der Waals surface area contributed by atoms with E-state index in [-0.39, 0.29) is 17.6 Å². The van der Waals surface area contributed by atoms with Crippen LogP contribution in [0.15, 0.2) is 53.4 Å². The molecular weight excluding hydrogens is 447 g/mol. The Labute approximate surface area is 186 Å². The minimum absolute atomic E-state index is 0.0257. The van der Waals surface area contributed by atoms with E-state index in [4.69, 9.17) is 11.6 Å². The molecule has 162 valence electrons. The van der Waals surface area contributed by atoms with Crippen LogP contribution in [0, 0.1) is 11.7 Å². The van der Waals surface area contributed by atoms with Gasteiger partial charge >= 0.3 is 0 Å². The first-order valence-electron chi connectivity index (χ1n) is 9.72. The molecule has 30 heavy (non-hydrogen) atoms. The Kier molecular flexibility index (Phi) is 8.16. The van der Waals surface area contributed by atoms with Crippen LogP contribution in [0.3, 0.4) is 0 Å². The van der Waals surface area contributed by atoms with E-state index in [1.165, 1.54) is 28.6 Å². The molecule has 1 N–H and O–H groups in total. The molecule has 2 aromatic carbocycles. The molecule has 0 aliphatic carbocycles. The van der Waals surface area contributed by atoms with Gasteiger partial charge in [-0.3, -0.25) is 4.79 Å². The summed E-state index contributed by atoms with van der Waals surface area (Å²) in [6.45, 7) is 1.19. The van der Waals surface area contributed by atoms with E-state index < -0.39 is 15.8 Å². The summed E-state index contributed by atoms with van der Waals surface area (Å²) in [7, 11) is -3.49. The molecule has 0 saturated carbocycles. The van der Waals surface area contributed by atoms with Crippen LogP contribution in [-0.2, 0) is 20.6 Å². The second-order valence-electron chi connectivity index (χ2n) is 7.15. The fourth-order valence-corrected chi connectivity index (χ4v) is 5.75. The fraction of sp³-hybridized carbons (Fsp3) is 0.381. The Balaban J connectivity index is 1.40. The van der Waals surface area contributed by atoms with E-state index in [2.05, 4.69) is 5.32 Å². The Hall–Kier alpha value is -1.61. The van der Waals surface area contributed by atoms with Crippen LogP contribution in [0.25, 0.3) is 0 Å². The number of nitrogens with zero attached hydrogens (tertiary/aromatic N) is 1. The van der Waals surface area contributed by atoms with E-state index in [1.807, 2.05) is 24.3 Å². The molecule has 5 nitrogen and oxygen atoms in total. The molecule has 9 heteroatoms. The van der Waals surface area contributed by atoms with Crippen molar-refractivity contribution in [3.05, 3.63) is 64.9 Å². The summed E-state index contributed by atoms with van der Waals surface area (Å²) in [6, 6.07) is 13.0. The van der Waals surface area contributed by atoms with Crippen molar-refractivity contribution >= 4 is 39.3 Å². The minimum atomic E-state index is -3.49. The largest absolute Gasteiger partial charge is 0.355 e. The molecule has 0 unspecified atom stereocenters. The molecule has 1 fully saturated rings. The summed E-state index contributed by atoms with van der Waals surface area (Å²) in [4.78, 5) is 13.5. The average Bonchev–Trinajstić information content (AvgIpc) is 2.74. The number of rotatable bonds is 8. The molecule has 1 amide bonds. The maximum Gasteiger partial charge on any atom is 0.223 e. The summed E-state index contributed by atoms with van der Waals surface area (Å²) < 4.78 is 39.6. The first-order chi connectivity index (χ1) is 14.3. The number of carbonyl (C=O) groups is 1. The van der Waals surface area contributed by atoms with Gasteiger partial charge in [-0.1, -0.05) is 23.7 Å². The van der Waals surface area contributed by atoms with Crippen LogP contribution in [0.5, 0.6) is 0 Å².